The first-order valence-corrected chi connectivity index (χ1v) is 11.1. The smallest absolute Gasteiger partial charge is 0.329 e. The lowest BCUT2D eigenvalue weighted by molar-refractivity contribution is -0.149. The molecule has 0 bridgehead atoms. The lowest BCUT2D eigenvalue weighted by Gasteiger charge is -2.29. The van der Waals surface area contributed by atoms with Gasteiger partial charge in [0.15, 0.2) is 6.61 Å². The maximum atomic E-state index is 12.9. The van der Waals surface area contributed by atoms with Crippen molar-refractivity contribution in [3.8, 4) is 0 Å². The first kappa shape index (κ1) is 22.3. The number of carbonyl (C=O) groups is 3. The second kappa shape index (κ2) is 10.6. The van der Waals surface area contributed by atoms with Gasteiger partial charge in [0.1, 0.15) is 6.04 Å². The van der Waals surface area contributed by atoms with Gasteiger partial charge in [0.2, 0.25) is 0 Å². The van der Waals surface area contributed by atoms with Crippen molar-refractivity contribution in [3.63, 3.8) is 0 Å². The van der Waals surface area contributed by atoms with E-state index in [1.54, 1.807) is 29.2 Å². The number of aryl methyl sites for hydroxylation is 1. The summed E-state index contributed by atoms with van der Waals surface area (Å²) >= 11 is 0. The van der Waals surface area contributed by atoms with Crippen LogP contribution in [-0.2, 0) is 27.2 Å². The number of benzene rings is 3. The van der Waals surface area contributed by atoms with Gasteiger partial charge in [0.25, 0.3) is 11.8 Å². The first-order valence-electron chi connectivity index (χ1n) is 11.1. The van der Waals surface area contributed by atoms with Crippen molar-refractivity contribution < 1.29 is 19.1 Å². The number of amides is 2. The molecule has 3 aromatic carbocycles. The Morgan fingerprint density at radius 1 is 0.879 bits per heavy atom. The third kappa shape index (κ3) is 5.66. The van der Waals surface area contributed by atoms with Crippen LogP contribution in [0.2, 0.25) is 0 Å². The Hall–Kier alpha value is -3.93. The Morgan fingerprint density at radius 2 is 1.55 bits per heavy atom. The van der Waals surface area contributed by atoms with E-state index in [9.17, 15) is 14.4 Å². The van der Waals surface area contributed by atoms with Crippen LogP contribution in [0.15, 0.2) is 84.9 Å². The van der Waals surface area contributed by atoms with Crippen molar-refractivity contribution in [2.45, 2.75) is 25.3 Å². The molecule has 0 spiro atoms. The molecule has 0 aliphatic carbocycles. The predicted octanol–water partition coefficient (Wildman–Crippen LogP) is 3.55. The molecule has 4 rings (SSSR count). The van der Waals surface area contributed by atoms with E-state index >= 15 is 0 Å². The third-order valence-corrected chi connectivity index (χ3v) is 5.66. The van der Waals surface area contributed by atoms with Crippen molar-refractivity contribution >= 4 is 23.5 Å². The molecule has 3 aromatic rings. The molecule has 1 heterocycles. The molecule has 0 saturated carbocycles. The van der Waals surface area contributed by atoms with E-state index in [-0.39, 0.29) is 24.8 Å². The molecule has 2 amide bonds. The monoisotopic (exact) mass is 442 g/mol. The van der Waals surface area contributed by atoms with E-state index in [1.165, 1.54) is 0 Å². The molecule has 0 aromatic heterocycles. The third-order valence-electron chi connectivity index (χ3n) is 5.66. The van der Waals surface area contributed by atoms with Gasteiger partial charge < -0.3 is 15.0 Å². The molecule has 1 N–H and O–H groups in total. The van der Waals surface area contributed by atoms with Crippen LogP contribution in [0.3, 0.4) is 0 Å². The van der Waals surface area contributed by atoms with E-state index in [4.69, 9.17) is 4.74 Å². The molecule has 0 unspecified atom stereocenters. The van der Waals surface area contributed by atoms with Crippen LogP contribution in [0.1, 0.15) is 27.9 Å². The predicted molar refractivity (Wildman–Crippen MR) is 126 cm³/mol. The van der Waals surface area contributed by atoms with E-state index in [0.29, 0.717) is 12.1 Å². The summed E-state index contributed by atoms with van der Waals surface area (Å²) < 4.78 is 5.40. The molecule has 6 heteroatoms. The molecule has 0 fully saturated rings. The summed E-state index contributed by atoms with van der Waals surface area (Å²) in [5.41, 5.74) is 3.30. The largest absolute Gasteiger partial charge is 0.454 e. The maximum absolute atomic E-state index is 12.9. The zero-order valence-corrected chi connectivity index (χ0v) is 18.3. The summed E-state index contributed by atoms with van der Waals surface area (Å²) in [6.45, 7) is 0.214. The fourth-order valence-corrected chi connectivity index (χ4v) is 3.98. The summed E-state index contributed by atoms with van der Waals surface area (Å²) in [4.78, 5) is 40.1. The number of fused-ring (bicyclic) bond motifs is 1. The number of nitrogens with one attached hydrogen (secondary N) is 1. The van der Waals surface area contributed by atoms with Gasteiger partial charge in [0.05, 0.1) is 0 Å². The molecule has 0 saturated heterocycles. The minimum atomic E-state index is -0.915. The fourth-order valence-electron chi connectivity index (χ4n) is 3.98. The highest BCUT2D eigenvalue weighted by atomic mass is 16.5. The van der Waals surface area contributed by atoms with Crippen LogP contribution in [0.25, 0.3) is 0 Å². The Labute approximate surface area is 193 Å². The zero-order chi connectivity index (χ0) is 23.0. The van der Waals surface area contributed by atoms with Crippen molar-refractivity contribution in [2.24, 2.45) is 0 Å². The second-order valence-electron chi connectivity index (χ2n) is 7.97. The van der Waals surface area contributed by atoms with Crippen LogP contribution >= 0.6 is 0 Å². The van der Waals surface area contributed by atoms with E-state index < -0.39 is 12.0 Å². The average molecular weight is 443 g/mol. The van der Waals surface area contributed by atoms with Gasteiger partial charge in [-0.15, -0.1) is 0 Å². The first-order chi connectivity index (χ1) is 16.1. The summed E-state index contributed by atoms with van der Waals surface area (Å²) in [6, 6.07) is 24.9. The van der Waals surface area contributed by atoms with Crippen LogP contribution in [0.5, 0.6) is 0 Å². The highest BCUT2D eigenvalue weighted by Gasteiger charge is 2.27. The minimum Gasteiger partial charge on any atom is -0.454 e. The normalized spacial score (nSPS) is 13.5. The summed E-state index contributed by atoms with van der Waals surface area (Å²) in [6.07, 6.45) is 2.05. The Morgan fingerprint density at radius 3 is 2.30 bits per heavy atom. The van der Waals surface area contributed by atoms with Crippen molar-refractivity contribution in [3.05, 3.63) is 102 Å². The maximum Gasteiger partial charge on any atom is 0.329 e. The number of ether oxygens (including phenoxy) is 1. The molecule has 1 aliphatic rings. The van der Waals surface area contributed by atoms with E-state index in [0.717, 1.165) is 29.7 Å². The van der Waals surface area contributed by atoms with Gasteiger partial charge in [-0.25, -0.2) is 4.79 Å². The lowest BCUT2D eigenvalue weighted by atomic mass is 10.0. The van der Waals surface area contributed by atoms with Crippen molar-refractivity contribution in [1.82, 2.24) is 5.32 Å². The number of rotatable bonds is 7. The summed E-state index contributed by atoms with van der Waals surface area (Å²) in [7, 11) is 0. The number of carbonyl (C=O) groups excluding carboxylic acids is 3. The molecule has 1 aliphatic heterocycles. The standard InChI is InChI=1S/C27H26N2O4/c30-25(29-17-9-15-21-12-7-8-16-24(21)29)19-33-27(32)23(18-20-10-3-1-4-11-20)28-26(31)22-13-5-2-6-14-22/h1-8,10-14,16,23H,9,15,17-19H2,(H,28,31)/t23-/m0/s1. The van der Waals surface area contributed by atoms with Crippen LogP contribution in [0.4, 0.5) is 5.69 Å². The molecule has 33 heavy (non-hydrogen) atoms. The molecule has 0 radical (unpaired) electrons. The quantitative estimate of drug-likeness (QED) is 0.568. The topological polar surface area (TPSA) is 75.7 Å². The Balaban J connectivity index is 1.43. The van der Waals surface area contributed by atoms with E-state index in [1.807, 2.05) is 60.7 Å². The fraction of sp³-hybridized carbons (Fsp3) is 0.222. The van der Waals surface area contributed by atoms with Gasteiger partial charge in [-0.3, -0.25) is 9.59 Å². The lowest BCUT2D eigenvalue weighted by Crippen LogP contribution is -2.45. The number of esters is 1. The van der Waals surface area contributed by atoms with Crippen molar-refractivity contribution in [1.29, 1.82) is 0 Å². The summed E-state index contributed by atoms with van der Waals surface area (Å²) in [5, 5.41) is 2.76. The van der Waals surface area contributed by atoms with Gasteiger partial charge in [-0.05, 0) is 42.2 Å². The highest BCUT2D eigenvalue weighted by Crippen LogP contribution is 2.26. The number of anilines is 1. The van der Waals surface area contributed by atoms with Gasteiger partial charge in [-0.1, -0.05) is 66.7 Å². The number of hydrogen-bond acceptors (Lipinski definition) is 4. The zero-order valence-electron chi connectivity index (χ0n) is 18.3. The van der Waals surface area contributed by atoms with E-state index in [2.05, 4.69) is 5.32 Å². The highest BCUT2D eigenvalue weighted by molar-refractivity contribution is 5.98. The molecule has 1 atom stereocenters. The average Bonchev–Trinajstić information content (AvgIpc) is 2.87. The molecule has 168 valence electrons. The summed E-state index contributed by atoms with van der Waals surface area (Å²) in [5.74, 6) is -1.28. The van der Waals surface area contributed by atoms with Gasteiger partial charge in [-0.2, -0.15) is 0 Å². The van der Waals surface area contributed by atoms with Crippen molar-refractivity contribution in [2.75, 3.05) is 18.1 Å². The van der Waals surface area contributed by atoms with Gasteiger partial charge in [0, 0.05) is 24.2 Å². The Bertz CT molecular complexity index is 1120. The van der Waals surface area contributed by atoms with Crippen LogP contribution in [-0.4, -0.2) is 37.0 Å². The SMILES string of the molecule is O=C(N[C@@H](Cc1ccccc1)C(=O)OCC(=O)N1CCCc2ccccc21)c1ccccc1. The number of para-hydroxylation sites is 1. The molecule has 6 nitrogen and oxygen atoms in total. The Kier molecular flexibility index (Phi) is 7.15. The number of hydrogen-bond donors (Lipinski definition) is 1. The van der Waals surface area contributed by atoms with Crippen LogP contribution in [0, 0.1) is 0 Å². The molecular weight excluding hydrogens is 416 g/mol. The van der Waals surface area contributed by atoms with Gasteiger partial charge >= 0.3 is 5.97 Å². The second-order valence-corrected chi connectivity index (χ2v) is 7.97. The minimum absolute atomic E-state index is 0.263. The van der Waals surface area contributed by atoms with Crippen LogP contribution < -0.4 is 10.2 Å². The number of nitrogens with zero attached hydrogens (tertiary/aromatic N) is 1. The molecular formula is C27H26N2O4.